The maximum absolute atomic E-state index is 13.5. The first-order valence-corrected chi connectivity index (χ1v) is 10.00. The number of hydrogen-bond donors (Lipinski definition) is 0. The summed E-state index contributed by atoms with van der Waals surface area (Å²) in [5.74, 6) is 0.896. The van der Waals surface area contributed by atoms with E-state index in [2.05, 4.69) is 37.8 Å². The lowest BCUT2D eigenvalue weighted by Gasteiger charge is -2.23. The van der Waals surface area contributed by atoms with Crippen LogP contribution in [-0.4, -0.2) is 30.3 Å². The predicted octanol–water partition coefficient (Wildman–Crippen LogP) is 5.67. The third kappa shape index (κ3) is 3.45. The summed E-state index contributed by atoms with van der Waals surface area (Å²) in [6.07, 6.45) is 0.900. The van der Waals surface area contributed by atoms with Crippen LogP contribution in [0.4, 0.5) is 0 Å². The van der Waals surface area contributed by atoms with Crippen molar-refractivity contribution in [1.82, 2.24) is 4.90 Å². The Labute approximate surface area is 162 Å². The van der Waals surface area contributed by atoms with Gasteiger partial charge in [-0.05, 0) is 49.7 Å². The molecular formula is C23H28ClNO. The first kappa shape index (κ1) is 19.1. The van der Waals surface area contributed by atoms with Gasteiger partial charge in [0, 0.05) is 21.9 Å². The fourth-order valence-corrected chi connectivity index (χ4v) is 4.60. The Hall–Kier alpha value is -1.64. The number of nitrogens with zero attached hydrogens (tertiary/aromatic N) is 1. The molecule has 0 amide bonds. The zero-order valence-corrected chi connectivity index (χ0v) is 16.7. The number of halogens is 1. The van der Waals surface area contributed by atoms with E-state index in [1.54, 1.807) is 0 Å². The summed E-state index contributed by atoms with van der Waals surface area (Å²) in [7, 11) is 0. The number of hydrogen-bond acceptors (Lipinski definition) is 2. The monoisotopic (exact) mass is 369 g/mol. The lowest BCUT2D eigenvalue weighted by Crippen LogP contribution is -2.30. The van der Waals surface area contributed by atoms with Gasteiger partial charge in [0.15, 0.2) is 5.78 Å². The van der Waals surface area contributed by atoms with Gasteiger partial charge in [0.2, 0.25) is 0 Å². The van der Waals surface area contributed by atoms with Gasteiger partial charge in [-0.1, -0.05) is 74.8 Å². The molecule has 1 aliphatic carbocycles. The van der Waals surface area contributed by atoms with Crippen molar-refractivity contribution < 1.29 is 4.79 Å². The van der Waals surface area contributed by atoms with Gasteiger partial charge >= 0.3 is 0 Å². The Morgan fingerprint density at radius 3 is 2.23 bits per heavy atom. The summed E-state index contributed by atoms with van der Waals surface area (Å²) in [6.45, 7) is 9.59. The Kier molecular flexibility index (Phi) is 5.84. The Balaban J connectivity index is 1.92. The molecule has 1 fully saturated rings. The van der Waals surface area contributed by atoms with Gasteiger partial charge in [-0.2, -0.15) is 0 Å². The minimum Gasteiger partial charge on any atom is -0.304 e. The Morgan fingerprint density at radius 2 is 1.65 bits per heavy atom. The summed E-state index contributed by atoms with van der Waals surface area (Å²) in [5.41, 5.74) is 1.75. The van der Waals surface area contributed by atoms with Crippen molar-refractivity contribution >= 4 is 17.4 Å². The van der Waals surface area contributed by atoms with E-state index >= 15 is 0 Å². The van der Waals surface area contributed by atoms with Crippen molar-refractivity contribution in [2.24, 2.45) is 11.3 Å². The molecule has 3 rings (SSSR count). The maximum atomic E-state index is 13.5. The number of carbonyl (C=O) groups is 1. The van der Waals surface area contributed by atoms with Gasteiger partial charge in [0.1, 0.15) is 0 Å². The van der Waals surface area contributed by atoms with Gasteiger partial charge in [-0.15, -0.1) is 0 Å². The van der Waals surface area contributed by atoms with Gasteiger partial charge in [-0.25, -0.2) is 0 Å². The third-order valence-corrected chi connectivity index (χ3v) is 6.43. The number of Topliss-reactive ketones (excluding diaryl/α,β-unsaturated/α-hetero) is 1. The van der Waals surface area contributed by atoms with Gasteiger partial charge < -0.3 is 4.90 Å². The van der Waals surface area contributed by atoms with Crippen LogP contribution in [0.5, 0.6) is 0 Å². The first-order valence-electron chi connectivity index (χ1n) is 9.62. The standard InChI is InChI=1S/C23H28ClNO/c1-4-25(5-2)16-15-23(22(26)19-9-7-6-8-10-19)17(3)21(23)18-11-13-20(24)14-12-18/h6-14,17,21H,4-5,15-16H2,1-3H3/t17-,21-,23+/m0/s1. The second-order valence-electron chi connectivity index (χ2n) is 7.33. The molecule has 2 nitrogen and oxygen atoms in total. The average Bonchev–Trinajstić information content (AvgIpc) is 3.28. The summed E-state index contributed by atoms with van der Waals surface area (Å²) >= 11 is 6.07. The maximum Gasteiger partial charge on any atom is 0.169 e. The van der Waals surface area contributed by atoms with E-state index in [1.807, 2.05) is 42.5 Å². The molecule has 0 radical (unpaired) electrons. The second-order valence-corrected chi connectivity index (χ2v) is 7.77. The summed E-state index contributed by atoms with van der Waals surface area (Å²) < 4.78 is 0. The van der Waals surface area contributed by atoms with E-state index in [0.717, 1.165) is 36.6 Å². The molecule has 3 heteroatoms. The average molecular weight is 370 g/mol. The van der Waals surface area contributed by atoms with Crippen LogP contribution in [0, 0.1) is 11.3 Å². The summed E-state index contributed by atoms with van der Waals surface area (Å²) in [6, 6.07) is 17.8. The minimum atomic E-state index is -0.308. The van der Waals surface area contributed by atoms with E-state index in [1.165, 1.54) is 5.56 Å². The van der Waals surface area contributed by atoms with Crippen LogP contribution in [0.2, 0.25) is 5.02 Å². The van der Waals surface area contributed by atoms with Crippen LogP contribution in [-0.2, 0) is 0 Å². The van der Waals surface area contributed by atoms with Crippen LogP contribution in [0.3, 0.4) is 0 Å². The summed E-state index contributed by atoms with van der Waals surface area (Å²) in [5, 5.41) is 0.741. The number of rotatable bonds is 8. The fraction of sp³-hybridized carbons (Fsp3) is 0.435. The van der Waals surface area contributed by atoms with Gasteiger partial charge in [0.05, 0.1) is 0 Å². The van der Waals surface area contributed by atoms with Crippen LogP contribution in [0.25, 0.3) is 0 Å². The van der Waals surface area contributed by atoms with Crippen molar-refractivity contribution in [3.05, 3.63) is 70.7 Å². The lowest BCUT2D eigenvalue weighted by atomic mass is 9.86. The molecule has 0 saturated heterocycles. The SMILES string of the molecule is CCN(CC)CC[C@]1(C(=O)c2ccccc2)[C@H](c2ccc(Cl)cc2)[C@@H]1C. The first-order chi connectivity index (χ1) is 12.5. The molecule has 2 aromatic rings. The molecule has 1 aliphatic rings. The molecule has 0 heterocycles. The van der Waals surface area contributed by atoms with E-state index in [4.69, 9.17) is 11.6 Å². The number of benzene rings is 2. The van der Waals surface area contributed by atoms with Crippen LogP contribution in [0.15, 0.2) is 54.6 Å². The normalized spacial score (nSPS) is 24.7. The molecule has 0 aliphatic heterocycles. The fourth-order valence-electron chi connectivity index (χ4n) is 4.47. The van der Waals surface area contributed by atoms with Crippen LogP contribution in [0.1, 0.15) is 49.0 Å². The quantitative estimate of drug-likeness (QED) is 0.558. The highest BCUT2D eigenvalue weighted by Crippen LogP contribution is 2.68. The largest absolute Gasteiger partial charge is 0.304 e. The molecular weight excluding hydrogens is 342 g/mol. The molecule has 1 saturated carbocycles. The van der Waals surface area contributed by atoms with Crippen LogP contribution < -0.4 is 0 Å². The predicted molar refractivity (Wildman–Crippen MR) is 109 cm³/mol. The molecule has 26 heavy (non-hydrogen) atoms. The topological polar surface area (TPSA) is 20.3 Å². The molecule has 0 unspecified atom stereocenters. The summed E-state index contributed by atoms with van der Waals surface area (Å²) in [4.78, 5) is 15.9. The highest BCUT2D eigenvalue weighted by molar-refractivity contribution is 6.30. The van der Waals surface area contributed by atoms with Gasteiger partial charge in [-0.3, -0.25) is 4.79 Å². The van der Waals surface area contributed by atoms with Crippen LogP contribution >= 0.6 is 11.6 Å². The van der Waals surface area contributed by atoms with Crippen molar-refractivity contribution in [3.63, 3.8) is 0 Å². The van der Waals surface area contributed by atoms with E-state index in [9.17, 15) is 4.79 Å². The molecule has 0 N–H and O–H groups in total. The molecule has 3 atom stereocenters. The van der Waals surface area contributed by atoms with E-state index in [0.29, 0.717) is 5.92 Å². The van der Waals surface area contributed by atoms with Crippen molar-refractivity contribution in [2.45, 2.75) is 33.1 Å². The number of ketones is 1. The zero-order chi connectivity index (χ0) is 18.7. The molecule has 0 bridgehead atoms. The molecule has 0 aromatic heterocycles. The van der Waals surface area contributed by atoms with Crippen molar-refractivity contribution in [3.8, 4) is 0 Å². The van der Waals surface area contributed by atoms with E-state index in [-0.39, 0.29) is 17.1 Å². The second kappa shape index (κ2) is 7.94. The Bertz CT molecular complexity index is 739. The highest BCUT2D eigenvalue weighted by Gasteiger charge is 2.66. The third-order valence-electron chi connectivity index (χ3n) is 6.18. The van der Waals surface area contributed by atoms with Crippen molar-refractivity contribution in [1.29, 1.82) is 0 Å². The molecule has 2 aromatic carbocycles. The molecule has 138 valence electrons. The lowest BCUT2D eigenvalue weighted by molar-refractivity contribution is 0.0863. The number of carbonyl (C=O) groups excluding carboxylic acids is 1. The Morgan fingerprint density at radius 1 is 1.04 bits per heavy atom. The van der Waals surface area contributed by atoms with Gasteiger partial charge in [0.25, 0.3) is 0 Å². The zero-order valence-electron chi connectivity index (χ0n) is 15.9. The highest BCUT2D eigenvalue weighted by atomic mass is 35.5. The minimum absolute atomic E-state index is 0.267. The smallest absolute Gasteiger partial charge is 0.169 e. The molecule has 0 spiro atoms. The van der Waals surface area contributed by atoms with Crippen molar-refractivity contribution in [2.75, 3.05) is 19.6 Å². The van der Waals surface area contributed by atoms with E-state index < -0.39 is 0 Å².